The Morgan fingerprint density at radius 3 is 2.36 bits per heavy atom. The zero-order valence-corrected chi connectivity index (χ0v) is 20.7. The number of ketones is 1. The van der Waals surface area contributed by atoms with E-state index in [0.717, 1.165) is 5.56 Å². The van der Waals surface area contributed by atoms with Crippen molar-refractivity contribution in [3.05, 3.63) is 86.3 Å². The minimum atomic E-state index is -0.364. The molecule has 0 atom stereocenters. The quantitative estimate of drug-likeness (QED) is 0.335. The fourth-order valence-electron chi connectivity index (χ4n) is 4.02. The number of aryl methyl sites for hydroxylation is 2. The number of hydrogen-bond donors (Lipinski definition) is 0. The molecule has 0 fully saturated rings. The first kappa shape index (κ1) is 24.7. The molecule has 0 aliphatic rings. The monoisotopic (exact) mass is 488 g/mol. The molecule has 186 valence electrons. The Bertz CT molecular complexity index is 1560. The van der Waals surface area contributed by atoms with Crippen LogP contribution in [0.1, 0.15) is 35.6 Å². The highest BCUT2D eigenvalue weighted by molar-refractivity contribution is 5.97. The van der Waals surface area contributed by atoms with Crippen LogP contribution in [0.2, 0.25) is 0 Å². The molecule has 9 nitrogen and oxygen atoms in total. The largest absolute Gasteiger partial charge is 0.493 e. The van der Waals surface area contributed by atoms with Crippen molar-refractivity contribution in [1.82, 2.24) is 18.7 Å². The number of carbonyl (C=O) groups is 1. The van der Waals surface area contributed by atoms with E-state index < -0.39 is 0 Å². The number of carbonyl (C=O) groups excluding carboxylic acids is 1. The summed E-state index contributed by atoms with van der Waals surface area (Å²) in [5.41, 5.74) is 1.41. The van der Waals surface area contributed by atoms with Gasteiger partial charge in [-0.15, -0.1) is 0 Å². The van der Waals surface area contributed by atoms with Gasteiger partial charge in [0.25, 0.3) is 5.56 Å². The van der Waals surface area contributed by atoms with Crippen LogP contribution in [0, 0.1) is 0 Å². The summed E-state index contributed by atoms with van der Waals surface area (Å²) in [6.07, 6.45) is 3.60. The number of Topliss-reactive ketones (excluding diaryl/α,β-unsaturated/α-hetero) is 1. The third-order valence-corrected chi connectivity index (χ3v) is 5.98. The van der Waals surface area contributed by atoms with Gasteiger partial charge in [-0.1, -0.05) is 42.5 Å². The molecule has 2 heterocycles. The smallest absolute Gasteiger partial charge is 0.332 e. The van der Waals surface area contributed by atoms with Crippen LogP contribution in [-0.4, -0.2) is 38.2 Å². The first-order valence-electron chi connectivity index (χ1n) is 11.7. The fourth-order valence-corrected chi connectivity index (χ4v) is 4.02. The van der Waals surface area contributed by atoms with Crippen molar-refractivity contribution in [1.29, 1.82) is 0 Å². The van der Waals surface area contributed by atoms with Crippen LogP contribution in [0.5, 0.6) is 11.5 Å². The predicted octanol–water partition coefficient (Wildman–Crippen LogP) is 3.38. The Labute approximate surface area is 207 Å². The van der Waals surface area contributed by atoms with Gasteiger partial charge < -0.3 is 14.0 Å². The summed E-state index contributed by atoms with van der Waals surface area (Å²) < 4.78 is 15.6. The number of benzene rings is 2. The molecule has 2 aromatic carbocycles. The second-order valence-electron chi connectivity index (χ2n) is 8.10. The second kappa shape index (κ2) is 10.5. The fraction of sp³-hybridized carbons (Fsp3) is 0.259. The van der Waals surface area contributed by atoms with Gasteiger partial charge in [0.05, 0.1) is 7.11 Å². The van der Waals surface area contributed by atoms with Crippen LogP contribution in [0.15, 0.2) is 58.1 Å². The van der Waals surface area contributed by atoms with E-state index in [-0.39, 0.29) is 30.2 Å². The Kier molecular flexibility index (Phi) is 7.19. The third kappa shape index (κ3) is 4.59. The number of aromatic nitrogens is 4. The van der Waals surface area contributed by atoms with Crippen molar-refractivity contribution in [2.75, 3.05) is 13.7 Å². The van der Waals surface area contributed by atoms with E-state index in [1.807, 2.05) is 25.1 Å². The number of nitrogens with zero attached hydrogens (tertiary/aromatic N) is 4. The molecule has 0 N–H and O–H groups in total. The van der Waals surface area contributed by atoms with Gasteiger partial charge in [-0.2, -0.15) is 0 Å². The summed E-state index contributed by atoms with van der Waals surface area (Å²) in [5.74, 6) is 1.34. The average Bonchev–Trinajstić information content (AvgIpc) is 3.23. The molecule has 4 aromatic rings. The highest BCUT2D eigenvalue weighted by atomic mass is 16.5. The standard InChI is InChI=1S/C27H28N4O5/c1-5-30-25-24(26(33)31(6-2)27(30)34)29(3)23(28-25)15-13-18-12-14-21(22(16-18)35-4)36-17-20(32)19-10-8-7-9-11-19/h7-16H,5-6,17H2,1-4H3. The second-order valence-corrected chi connectivity index (χ2v) is 8.10. The minimum absolute atomic E-state index is 0.107. The molecule has 0 unspecified atom stereocenters. The molecule has 0 radical (unpaired) electrons. The van der Waals surface area contributed by atoms with Crippen molar-refractivity contribution >= 4 is 29.1 Å². The maximum atomic E-state index is 12.9. The van der Waals surface area contributed by atoms with Gasteiger partial charge in [0.1, 0.15) is 5.82 Å². The molecule has 0 aliphatic heterocycles. The molecule has 2 aromatic heterocycles. The number of fused-ring (bicyclic) bond motifs is 1. The SMILES string of the molecule is CCn1c(=O)c2c(nc(C=Cc3ccc(OCC(=O)c4ccccc4)c(OC)c3)n2C)n(CC)c1=O. The Balaban J connectivity index is 1.61. The van der Waals surface area contributed by atoms with E-state index in [2.05, 4.69) is 4.98 Å². The van der Waals surface area contributed by atoms with Gasteiger partial charge in [0, 0.05) is 25.7 Å². The summed E-state index contributed by atoms with van der Waals surface area (Å²) in [6, 6.07) is 14.3. The predicted molar refractivity (Wildman–Crippen MR) is 139 cm³/mol. The van der Waals surface area contributed by atoms with Gasteiger partial charge >= 0.3 is 5.69 Å². The molecule has 0 saturated carbocycles. The number of methoxy groups -OCH3 is 1. The van der Waals surface area contributed by atoms with E-state index in [9.17, 15) is 14.4 Å². The van der Waals surface area contributed by atoms with Crippen LogP contribution in [-0.2, 0) is 20.1 Å². The molecule has 9 heteroatoms. The third-order valence-electron chi connectivity index (χ3n) is 5.98. The van der Waals surface area contributed by atoms with Gasteiger partial charge in [-0.25, -0.2) is 9.78 Å². The van der Waals surface area contributed by atoms with Crippen LogP contribution in [0.25, 0.3) is 23.3 Å². The summed E-state index contributed by atoms with van der Waals surface area (Å²) in [5, 5.41) is 0. The van der Waals surface area contributed by atoms with E-state index in [1.54, 1.807) is 61.0 Å². The van der Waals surface area contributed by atoms with Crippen molar-refractivity contribution in [2.24, 2.45) is 7.05 Å². The number of rotatable bonds is 9. The summed E-state index contributed by atoms with van der Waals surface area (Å²) >= 11 is 0. The molecule has 0 saturated heterocycles. The molecular weight excluding hydrogens is 460 g/mol. The zero-order chi connectivity index (χ0) is 25.8. The van der Waals surface area contributed by atoms with Gasteiger partial charge in [-0.3, -0.25) is 18.7 Å². The van der Waals surface area contributed by atoms with Crippen molar-refractivity contribution in [2.45, 2.75) is 26.9 Å². The van der Waals surface area contributed by atoms with Gasteiger partial charge in [0.15, 0.2) is 35.1 Å². The lowest BCUT2D eigenvalue weighted by atomic mass is 10.1. The summed E-state index contributed by atoms with van der Waals surface area (Å²) in [4.78, 5) is 42.5. The number of ether oxygens (including phenoxy) is 2. The van der Waals surface area contributed by atoms with Gasteiger partial charge in [0.2, 0.25) is 0 Å². The van der Waals surface area contributed by atoms with E-state index in [0.29, 0.717) is 40.6 Å². The molecule has 0 aliphatic carbocycles. The first-order valence-corrected chi connectivity index (χ1v) is 11.7. The molecule has 0 amide bonds. The Morgan fingerprint density at radius 1 is 0.972 bits per heavy atom. The molecule has 36 heavy (non-hydrogen) atoms. The zero-order valence-electron chi connectivity index (χ0n) is 20.7. The average molecular weight is 489 g/mol. The van der Waals surface area contributed by atoms with Crippen LogP contribution in [0.4, 0.5) is 0 Å². The lowest BCUT2D eigenvalue weighted by molar-refractivity contribution is 0.0919. The van der Waals surface area contributed by atoms with Crippen LogP contribution in [0.3, 0.4) is 0 Å². The topological polar surface area (TPSA) is 97.3 Å². The molecule has 0 bridgehead atoms. The summed E-state index contributed by atoms with van der Waals surface area (Å²) in [7, 11) is 3.28. The molecular formula is C27H28N4O5. The minimum Gasteiger partial charge on any atom is -0.493 e. The maximum absolute atomic E-state index is 12.9. The summed E-state index contributed by atoms with van der Waals surface area (Å²) in [6.45, 7) is 4.20. The van der Waals surface area contributed by atoms with Crippen molar-refractivity contribution in [3.63, 3.8) is 0 Å². The lowest BCUT2D eigenvalue weighted by Crippen LogP contribution is -2.39. The van der Waals surface area contributed by atoms with Crippen LogP contribution >= 0.6 is 0 Å². The molecule has 4 rings (SSSR count). The molecule has 0 spiro atoms. The number of imidazole rings is 1. The van der Waals surface area contributed by atoms with Crippen molar-refractivity contribution < 1.29 is 14.3 Å². The first-order chi connectivity index (χ1) is 17.4. The van der Waals surface area contributed by atoms with Gasteiger partial charge in [-0.05, 0) is 37.6 Å². The van der Waals surface area contributed by atoms with Crippen LogP contribution < -0.4 is 20.7 Å². The normalized spacial score (nSPS) is 11.3. The Morgan fingerprint density at radius 2 is 1.69 bits per heavy atom. The van der Waals surface area contributed by atoms with E-state index in [4.69, 9.17) is 9.47 Å². The lowest BCUT2D eigenvalue weighted by Gasteiger charge is -2.11. The van der Waals surface area contributed by atoms with E-state index in [1.165, 1.54) is 16.2 Å². The number of hydrogen-bond acceptors (Lipinski definition) is 6. The maximum Gasteiger partial charge on any atom is 0.332 e. The highest BCUT2D eigenvalue weighted by Gasteiger charge is 2.18. The van der Waals surface area contributed by atoms with Crippen molar-refractivity contribution in [3.8, 4) is 11.5 Å². The van der Waals surface area contributed by atoms with E-state index >= 15 is 0 Å². The Hall–Kier alpha value is -4.40. The highest BCUT2D eigenvalue weighted by Crippen LogP contribution is 2.29.